The number of aromatic nitrogens is 4. The van der Waals surface area contributed by atoms with Gasteiger partial charge >= 0.3 is 0 Å². The fourth-order valence-electron chi connectivity index (χ4n) is 3.86. The Morgan fingerprint density at radius 3 is 2.89 bits per heavy atom. The lowest BCUT2D eigenvalue weighted by Gasteiger charge is -2.34. The van der Waals surface area contributed by atoms with Gasteiger partial charge in [0.25, 0.3) is 0 Å². The molecule has 4 aromatic rings. The zero-order chi connectivity index (χ0) is 18.1. The van der Waals surface area contributed by atoms with Crippen LogP contribution in [-0.4, -0.2) is 31.6 Å². The topological polar surface area (TPSA) is 73.7 Å². The van der Waals surface area contributed by atoms with Crippen LogP contribution in [0.2, 0.25) is 0 Å². The van der Waals surface area contributed by atoms with Gasteiger partial charge < -0.3 is 9.40 Å². The fraction of sp³-hybridized carbons (Fsp3) is 0.238. The number of H-pyrrole nitrogens is 2. The summed E-state index contributed by atoms with van der Waals surface area (Å²) >= 11 is 0. The van der Waals surface area contributed by atoms with Crippen molar-refractivity contribution in [2.24, 2.45) is 0 Å². The fourth-order valence-corrected chi connectivity index (χ4v) is 3.86. The molecule has 1 atom stereocenters. The van der Waals surface area contributed by atoms with E-state index in [0.717, 1.165) is 48.8 Å². The van der Waals surface area contributed by atoms with Crippen molar-refractivity contribution in [3.05, 3.63) is 83.8 Å². The highest BCUT2D eigenvalue weighted by Crippen LogP contribution is 2.32. The van der Waals surface area contributed by atoms with E-state index < -0.39 is 0 Å². The van der Waals surface area contributed by atoms with Crippen molar-refractivity contribution in [1.82, 2.24) is 25.1 Å². The van der Waals surface area contributed by atoms with Crippen LogP contribution in [0.1, 0.15) is 28.8 Å². The summed E-state index contributed by atoms with van der Waals surface area (Å²) in [6.07, 6.45) is 5.47. The standard InChI is InChI=1S/C21H21N5O/c1-2-4-15(5-3-1)12-19-21-18(22-14-23-21)9-11-26(19)13-16-6-7-20(27-16)17-8-10-24-25-17/h1-8,10,14,19H,9,11-13H2,(H,22,23)(H,24,25). The van der Waals surface area contributed by atoms with Crippen molar-refractivity contribution in [1.29, 1.82) is 0 Å². The molecule has 2 N–H and O–H groups in total. The predicted octanol–water partition coefficient (Wildman–Crippen LogP) is 3.73. The van der Waals surface area contributed by atoms with E-state index in [2.05, 4.69) is 61.5 Å². The van der Waals surface area contributed by atoms with Crippen LogP contribution < -0.4 is 0 Å². The number of imidazole rings is 1. The first-order valence-corrected chi connectivity index (χ1v) is 9.25. The average molecular weight is 359 g/mol. The third kappa shape index (κ3) is 3.19. The Balaban J connectivity index is 1.40. The maximum absolute atomic E-state index is 6.06. The van der Waals surface area contributed by atoms with Crippen molar-refractivity contribution < 1.29 is 4.42 Å². The highest BCUT2D eigenvalue weighted by atomic mass is 16.3. The molecule has 0 bridgehead atoms. The molecule has 0 spiro atoms. The molecule has 1 aromatic carbocycles. The van der Waals surface area contributed by atoms with Crippen LogP contribution >= 0.6 is 0 Å². The van der Waals surface area contributed by atoms with Crippen molar-refractivity contribution in [3.63, 3.8) is 0 Å². The van der Waals surface area contributed by atoms with Gasteiger partial charge in [0, 0.05) is 24.9 Å². The Hall–Kier alpha value is -3.12. The van der Waals surface area contributed by atoms with E-state index in [9.17, 15) is 0 Å². The molecule has 6 heteroatoms. The van der Waals surface area contributed by atoms with Crippen LogP contribution in [0.4, 0.5) is 0 Å². The quantitative estimate of drug-likeness (QED) is 0.569. The van der Waals surface area contributed by atoms with E-state index >= 15 is 0 Å². The second kappa shape index (κ2) is 6.89. The molecule has 1 unspecified atom stereocenters. The van der Waals surface area contributed by atoms with Crippen LogP contribution in [0.15, 0.2) is 65.5 Å². The largest absolute Gasteiger partial charge is 0.458 e. The number of aromatic amines is 2. The van der Waals surface area contributed by atoms with Crippen LogP contribution in [0.3, 0.4) is 0 Å². The summed E-state index contributed by atoms with van der Waals surface area (Å²) in [6, 6.07) is 16.8. The molecule has 27 heavy (non-hydrogen) atoms. The second-order valence-corrected chi connectivity index (χ2v) is 6.93. The van der Waals surface area contributed by atoms with Gasteiger partial charge in [-0.1, -0.05) is 30.3 Å². The molecular weight excluding hydrogens is 338 g/mol. The predicted molar refractivity (Wildman–Crippen MR) is 102 cm³/mol. The zero-order valence-corrected chi connectivity index (χ0v) is 14.9. The SMILES string of the molecule is c1ccc(CC2c3nc[nH]c3CCN2Cc2ccc(-c3ccn[nH]3)o2)cc1. The van der Waals surface area contributed by atoms with Gasteiger partial charge in [-0.25, -0.2) is 4.98 Å². The summed E-state index contributed by atoms with van der Waals surface area (Å²) in [5.41, 5.74) is 4.63. The Kier molecular flexibility index (Phi) is 4.10. The first-order valence-electron chi connectivity index (χ1n) is 9.25. The third-order valence-corrected chi connectivity index (χ3v) is 5.22. The van der Waals surface area contributed by atoms with Crippen LogP contribution in [-0.2, 0) is 19.4 Å². The number of hydrogen-bond donors (Lipinski definition) is 2. The van der Waals surface area contributed by atoms with Crippen molar-refractivity contribution in [2.75, 3.05) is 6.54 Å². The van der Waals surface area contributed by atoms with Crippen LogP contribution in [0.25, 0.3) is 11.5 Å². The lowest BCUT2D eigenvalue weighted by Crippen LogP contribution is -2.36. The minimum absolute atomic E-state index is 0.239. The number of furan rings is 1. The lowest BCUT2D eigenvalue weighted by atomic mass is 9.96. The van der Waals surface area contributed by atoms with Gasteiger partial charge in [-0.15, -0.1) is 0 Å². The molecule has 0 saturated carbocycles. The van der Waals surface area contributed by atoms with Gasteiger partial charge in [-0.05, 0) is 30.2 Å². The molecule has 6 nitrogen and oxygen atoms in total. The molecule has 1 aliphatic heterocycles. The van der Waals surface area contributed by atoms with Crippen molar-refractivity contribution >= 4 is 0 Å². The maximum atomic E-state index is 6.06. The molecule has 0 saturated heterocycles. The first kappa shape index (κ1) is 16.1. The Bertz CT molecular complexity index is 1000. The van der Waals surface area contributed by atoms with Crippen molar-refractivity contribution in [2.45, 2.75) is 25.4 Å². The molecule has 3 aromatic heterocycles. The Labute approximate surface area is 157 Å². The van der Waals surface area contributed by atoms with Gasteiger partial charge in [0.2, 0.25) is 0 Å². The number of nitrogens with one attached hydrogen (secondary N) is 2. The average Bonchev–Trinajstić information content (AvgIpc) is 3.46. The van der Waals surface area contributed by atoms with E-state index in [-0.39, 0.29) is 6.04 Å². The molecule has 0 amide bonds. The van der Waals surface area contributed by atoms with Gasteiger partial charge in [0.15, 0.2) is 5.76 Å². The van der Waals surface area contributed by atoms with E-state index in [0.29, 0.717) is 0 Å². The first-order chi connectivity index (χ1) is 13.4. The van der Waals surface area contributed by atoms with E-state index in [1.807, 2.05) is 18.5 Å². The number of nitrogens with zero attached hydrogens (tertiary/aromatic N) is 3. The molecule has 136 valence electrons. The molecule has 1 aliphatic rings. The minimum atomic E-state index is 0.239. The van der Waals surface area contributed by atoms with E-state index in [4.69, 9.17) is 4.42 Å². The summed E-state index contributed by atoms with van der Waals surface area (Å²) in [5.74, 6) is 1.77. The zero-order valence-electron chi connectivity index (χ0n) is 14.9. The summed E-state index contributed by atoms with van der Waals surface area (Å²) < 4.78 is 6.06. The number of fused-ring (bicyclic) bond motifs is 1. The molecular formula is C21H21N5O. The Morgan fingerprint density at radius 2 is 2.04 bits per heavy atom. The van der Waals surface area contributed by atoms with Gasteiger partial charge in [-0.3, -0.25) is 10.00 Å². The molecule has 0 fully saturated rings. The number of hydrogen-bond acceptors (Lipinski definition) is 4. The number of rotatable bonds is 5. The van der Waals surface area contributed by atoms with Crippen LogP contribution in [0, 0.1) is 0 Å². The Morgan fingerprint density at radius 1 is 1.11 bits per heavy atom. The summed E-state index contributed by atoms with van der Waals surface area (Å²) in [4.78, 5) is 10.4. The molecule has 0 radical (unpaired) electrons. The number of benzene rings is 1. The summed E-state index contributed by atoms with van der Waals surface area (Å²) in [5, 5.41) is 6.94. The van der Waals surface area contributed by atoms with Gasteiger partial charge in [0.1, 0.15) is 11.5 Å². The highest BCUT2D eigenvalue weighted by molar-refractivity contribution is 5.51. The molecule has 0 aliphatic carbocycles. The van der Waals surface area contributed by atoms with Crippen LogP contribution in [0.5, 0.6) is 0 Å². The normalized spacial score (nSPS) is 17.1. The van der Waals surface area contributed by atoms with Gasteiger partial charge in [-0.2, -0.15) is 5.10 Å². The maximum Gasteiger partial charge on any atom is 0.152 e. The molecule has 4 heterocycles. The summed E-state index contributed by atoms with van der Waals surface area (Å²) in [6.45, 7) is 1.74. The highest BCUT2D eigenvalue weighted by Gasteiger charge is 2.30. The smallest absolute Gasteiger partial charge is 0.152 e. The second-order valence-electron chi connectivity index (χ2n) is 6.93. The van der Waals surface area contributed by atoms with Crippen molar-refractivity contribution in [3.8, 4) is 11.5 Å². The van der Waals surface area contributed by atoms with E-state index in [1.54, 1.807) is 6.20 Å². The minimum Gasteiger partial charge on any atom is -0.458 e. The van der Waals surface area contributed by atoms with Gasteiger partial charge in [0.05, 0.1) is 24.6 Å². The summed E-state index contributed by atoms with van der Waals surface area (Å²) in [7, 11) is 0. The monoisotopic (exact) mass is 359 g/mol. The van der Waals surface area contributed by atoms with E-state index in [1.165, 1.54) is 11.3 Å². The lowest BCUT2D eigenvalue weighted by molar-refractivity contribution is 0.158. The third-order valence-electron chi connectivity index (χ3n) is 5.22. The molecule has 5 rings (SSSR count).